The van der Waals surface area contributed by atoms with E-state index in [-0.39, 0.29) is 4.92 Å². The van der Waals surface area contributed by atoms with Gasteiger partial charge in [-0.05, 0) is 44.4 Å². The van der Waals surface area contributed by atoms with Gasteiger partial charge in [-0.2, -0.15) is 0 Å². The number of nitro groups is 1. The Balaban J connectivity index is 1.34. The topological polar surface area (TPSA) is 61.6 Å². The van der Waals surface area contributed by atoms with Gasteiger partial charge in [-0.3, -0.25) is 10.1 Å². The second-order valence-electron chi connectivity index (χ2n) is 8.15. The maximum Gasteiger partial charge on any atom is 0.224 e. The van der Waals surface area contributed by atoms with Crippen molar-refractivity contribution in [2.45, 2.75) is 102 Å². The Morgan fingerprint density at radius 1 is 1.04 bits per heavy atom. The first-order chi connectivity index (χ1) is 12.2. The third kappa shape index (κ3) is 5.16. The molecule has 0 spiro atoms. The SMILES string of the molecule is [CH2]CCCCCCC(CCC[C]1OC2CC3CCC2C(C3)O1)[N+](=O)[O-]. The molecule has 142 valence electrons. The molecule has 5 nitrogen and oxygen atoms in total. The Bertz CT molecular complexity index is 414. The molecule has 4 bridgehead atoms. The van der Waals surface area contributed by atoms with Crippen molar-refractivity contribution in [1.29, 1.82) is 0 Å². The number of fused-ring (bicyclic) bond motifs is 1. The molecule has 0 aromatic carbocycles. The van der Waals surface area contributed by atoms with E-state index < -0.39 is 6.04 Å². The fourth-order valence-corrected chi connectivity index (χ4v) is 4.88. The molecule has 3 atom stereocenters. The van der Waals surface area contributed by atoms with Crippen molar-refractivity contribution in [1.82, 2.24) is 0 Å². The Hall–Kier alpha value is -0.680. The van der Waals surface area contributed by atoms with E-state index in [0.29, 0.717) is 31.0 Å². The molecule has 3 saturated carbocycles. The molecular formula is C20H33NO4. The van der Waals surface area contributed by atoms with Gasteiger partial charge < -0.3 is 9.47 Å². The minimum atomic E-state index is -0.417. The maximum absolute atomic E-state index is 11.3. The quantitative estimate of drug-likeness (QED) is 0.296. The Morgan fingerprint density at radius 2 is 1.72 bits per heavy atom. The van der Waals surface area contributed by atoms with Gasteiger partial charge in [-0.15, -0.1) is 0 Å². The fourth-order valence-electron chi connectivity index (χ4n) is 4.88. The molecule has 4 rings (SSSR count). The van der Waals surface area contributed by atoms with Crippen LogP contribution in [0.5, 0.6) is 0 Å². The van der Waals surface area contributed by atoms with Crippen molar-refractivity contribution in [3.8, 4) is 0 Å². The van der Waals surface area contributed by atoms with Gasteiger partial charge in [-0.25, -0.2) is 0 Å². The van der Waals surface area contributed by atoms with E-state index in [1.54, 1.807) is 0 Å². The first-order valence-electron chi connectivity index (χ1n) is 10.3. The zero-order valence-corrected chi connectivity index (χ0v) is 15.4. The highest BCUT2D eigenvalue weighted by Crippen LogP contribution is 2.49. The highest BCUT2D eigenvalue weighted by molar-refractivity contribution is 4.98. The molecular weight excluding hydrogens is 318 g/mol. The number of hydrogen-bond acceptors (Lipinski definition) is 4. The van der Waals surface area contributed by atoms with E-state index in [1.165, 1.54) is 25.7 Å². The number of unbranched alkanes of at least 4 members (excludes halogenated alkanes) is 4. The van der Waals surface area contributed by atoms with Gasteiger partial charge in [0.1, 0.15) is 0 Å². The van der Waals surface area contributed by atoms with Crippen LogP contribution in [0, 0.1) is 35.2 Å². The van der Waals surface area contributed by atoms with Crippen LogP contribution in [0.4, 0.5) is 0 Å². The smallest absolute Gasteiger partial charge is 0.224 e. The predicted molar refractivity (Wildman–Crippen MR) is 96.1 cm³/mol. The average Bonchev–Trinajstić information content (AvgIpc) is 2.59. The second kappa shape index (κ2) is 9.31. The minimum Gasteiger partial charge on any atom is -0.342 e. The summed E-state index contributed by atoms with van der Waals surface area (Å²) in [4.78, 5) is 11.2. The van der Waals surface area contributed by atoms with Gasteiger partial charge >= 0.3 is 0 Å². The molecule has 4 aliphatic rings. The first-order valence-corrected chi connectivity index (χ1v) is 10.3. The lowest BCUT2D eigenvalue weighted by Gasteiger charge is -2.51. The summed E-state index contributed by atoms with van der Waals surface area (Å²) in [7, 11) is 0. The lowest BCUT2D eigenvalue weighted by Crippen LogP contribution is -2.52. The molecule has 25 heavy (non-hydrogen) atoms. The maximum atomic E-state index is 11.3. The van der Waals surface area contributed by atoms with Crippen LogP contribution in [0.1, 0.15) is 83.5 Å². The van der Waals surface area contributed by atoms with Crippen LogP contribution in [0.3, 0.4) is 0 Å². The second-order valence-corrected chi connectivity index (χ2v) is 8.15. The van der Waals surface area contributed by atoms with Crippen LogP contribution < -0.4 is 0 Å². The van der Waals surface area contributed by atoms with Crippen molar-refractivity contribution in [2.24, 2.45) is 11.8 Å². The number of nitrogens with zero attached hydrogens (tertiary/aromatic N) is 1. The van der Waals surface area contributed by atoms with Crippen molar-refractivity contribution < 1.29 is 14.4 Å². The first kappa shape index (κ1) is 19.1. The van der Waals surface area contributed by atoms with Crippen LogP contribution in [0.25, 0.3) is 0 Å². The molecule has 3 aliphatic carbocycles. The molecule has 1 saturated heterocycles. The van der Waals surface area contributed by atoms with Crippen molar-refractivity contribution in [3.05, 3.63) is 23.3 Å². The van der Waals surface area contributed by atoms with Gasteiger partial charge in [0.15, 0.2) is 0 Å². The van der Waals surface area contributed by atoms with Gasteiger partial charge in [0, 0.05) is 30.1 Å². The monoisotopic (exact) mass is 351 g/mol. The van der Waals surface area contributed by atoms with E-state index in [4.69, 9.17) is 9.47 Å². The molecule has 0 aromatic rings. The summed E-state index contributed by atoms with van der Waals surface area (Å²) in [5.74, 6) is 1.36. The largest absolute Gasteiger partial charge is 0.342 e. The zero-order chi connectivity index (χ0) is 17.6. The van der Waals surface area contributed by atoms with E-state index in [0.717, 1.165) is 57.2 Å². The molecule has 3 unspecified atom stereocenters. The normalized spacial score (nSPS) is 32.7. The van der Waals surface area contributed by atoms with Crippen LogP contribution in [0.15, 0.2) is 0 Å². The van der Waals surface area contributed by atoms with E-state index in [9.17, 15) is 10.1 Å². The van der Waals surface area contributed by atoms with Crippen LogP contribution in [0.2, 0.25) is 0 Å². The Kier molecular flexibility index (Phi) is 7.11. The third-order valence-corrected chi connectivity index (χ3v) is 6.31. The molecule has 1 heterocycles. The molecule has 2 radical (unpaired) electrons. The lowest BCUT2D eigenvalue weighted by molar-refractivity contribution is -0.524. The fraction of sp³-hybridized carbons (Fsp3) is 0.900. The summed E-state index contributed by atoms with van der Waals surface area (Å²) < 4.78 is 12.2. The molecule has 4 fully saturated rings. The van der Waals surface area contributed by atoms with Crippen LogP contribution in [-0.2, 0) is 9.47 Å². The number of ether oxygens (including phenoxy) is 2. The van der Waals surface area contributed by atoms with E-state index in [2.05, 4.69) is 6.92 Å². The average molecular weight is 351 g/mol. The van der Waals surface area contributed by atoms with Gasteiger partial charge in [0.25, 0.3) is 0 Å². The van der Waals surface area contributed by atoms with Gasteiger partial charge in [-0.1, -0.05) is 32.6 Å². The van der Waals surface area contributed by atoms with Crippen molar-refractivity contribution in [3.63, 3.8) is 0 Å². The molecule has 1 aliphatic heterocycles. The summed E-state index contributed by atoms with van der Waals surface area (Å²) in [6.45, 7) is 3.83. The van der Waals surface area contributed by atoms with Crippen molar-refractivity contribution in [2.75, 3.05) is 0 Å². The number of hydrogen-bond donors (Lipinski definition) is 0. The minimum absolute atomic E-state index is 0.0949. The van der Waals surface area contributed by atoms with E-state index in [1.807, 2.05) is 0 Å². The summed E-state index contributed by atoms with van der Waals surface area (Å²) in [6.07, 6.45) is 14.4. The van der Waals surface area contributed by atoms with Crippen LogP contribution in [-0.4, -0.2) is 23.2 Å². The molecule has 5 heteroatoms. The van der Waals surface area contributed by atoms with Crippen LogP contribution >= 0.6 is 0 Å². The standard InChI is InChI=1S/C20H33NO4/c1-2-3-4-5-6-8-16(21(22)23)9-7-10-20-24-18-13-15-11-12-17(18)19(14-15)25-20/h15-19H,1-14H2. The summed E-state index contributed by atoms with van der Waals surface area (Å²) >= 11 is 0. The summed E-state index contributed by atoms with van der Waals surface area (Å²) in [6, 6.07) is -0.417. The number of rotatable bonds is 11. The van der Waals surface area contributed by atoms with E-state index >= 15 is 0 Å². The van der Waals surface area contributed by atoms with Gasteiger partial charge in [0.2, 0.25) is 12.3 Å². The van der Waals surface area contributed by atoms with Gasteiger partial charge in [0.05, 0.1) is 12.2 Å². The van der Waals surface area contributed by atoms with Crippen molar-refractivity contribution >= 4 is 0 Å². The lowest BCUT2D eigenvalue weighted by atomic mass is 9.67. The Morgan fingerprint density at radius 3 is 2.36 bits per heavy atom. The predicted octanol–water partition coefficient (Wildman–Crippen LogP) is 5.07. The Labute approximate surface area is 152 Å². The highest BCUT2D eigenvalue weighted by Gasteiger charge is 2.48. The third-order valence-electron chi connectivity index (χ3n) is 6.31. The summed E-state index contributed by atoms with van der Waals surface area (Å²) in [5.41, 5.74) is 0. The molecule has 0 amide bonds. The zero-order valence-electron chi connectivity index (χ0n) is 15.4. The summed E-state index contributed by atoms with van der Waals surface area (Å²) in [5, 5.41) is 11.3. The highest BCUT2D eigenvalue weighted by atomic mass is 16.7. The molecule has 0 N–H and O–H groups in total. The molecule has 0 aromatic heterocycles.